The summed E-state index contributed by atoms with van der Waals surface area (Å²) in [5.74, 6) is -1.03. The molecule has 0 radical (unpaired) electrons. The predicted molar refractivity (Wildman–Crippen MR) is 166 cm³/mol. The molecule has 1 aromatic rings. The molecule has 2 unspecified atom stereocenters. The van der Waals surface area contributed by atoms with Crippen molar-refractivity contribution in [2.45, 2.75) is 125 Å². The molecule has 42 heavy (non-hydrogen) atoms. The Balaban J connectivity index is 3.49. The number of carbonyl (C=O) groups excluding carboxylic acids is 4. The van der Waals surface area contributed by atoms with Crippen molar-refractivity contribution in [3.8, 4) is 0 Å². The van der Waals surface area contributed by atoms with E-state index in [-0.39, 0.29) is 37.3 Å². The quantitative estimate of drug-likeness (QED) is 0.166. The third-order valence-electron chi connectivity index (χ3n) is 6.82. The van der Waals surface area contributed by atoms with Crippen molar-refractivity contribution in [2.24, 2.45) is 5.92 Å². The van der Waals surface area contributed by atoms with E-state index in [4.69, 9.17) is 9.47 Å². The summed E-state index contributed by atoms with van der Waals surface area (Å²) in [6, 6.07) is 3.92. The van der Waals surface area contributed by atoms with Crippen LogP contribution in [0.5, 0.6) is 0 Å². The van der Waals surface area contributed by atoms with Gasteiger partial charge in [0.1, 0.15) is 17.7 Å². The molecule has 2 N–H and O–H groups in total. The summed E-state index contributed by atoms with van der Waals surface area (Å²) in [6.45, 7) is 17.8. The Morgan fingerprint density at radius 1 is 0.952 bits per heavy atom. The first-order valence-corrected chi connectivity index (χ1v) is 15.5. The molecule has 0 bridgehead atoms. The largest absolute Gasteiger partial charge is 0.466 e. The molecule has 0 aliphatic rings. The van der Waals surface area contributed by atoms with Crippen LogP contribution in [0.3, 0.4) is 0 Å². The number of aryl methyl sites for hydroxylation is 2. The second-order valence-electron chi connectivity index (χ2n) is 12.4. The van der Waals surface area contributed by atoms with Gasteiger partial charge in [0.25, 0.3) is 0 Å². The molecule has 0 aliphatic heterocycles. The van der Waals surface area contributed by atoms with Crippen LogP contribution in [0.1, 0.15) is 116 Å². The van der Waals surface area contributed by atoms with Gasteiger partial charge >= 0.3 is 12.1 Å². The summed E-state index contributed by atoms with van der Waals surface area (Å²) in [5, 5.41) is 5.65. The molecule has 0 spiro atoms. The van der Waals surface area contributed by atoms with E-state index in [0.29, 0.717) is 24.9 Å². The molecule has 0 saturated heterocycles. The minimum atomic E-state index is -0.944. The highest BCUT2D eigenvalue weighted by Gasteiger charge is 2.36. The lowest BCUT2D eigenvalue weighted by Gasteiger charge is -2.35. The van der Waals surface area contributed by atoms with E-state index in [1.807, 2.05) is 45.9 Å². The summed E-state index contributed by atoms with van der Waals surface area (Å²) in [7, 11) is 0. The van der Waals surface area contributed by atoms with E-state index in [2.05, 4.69) is 17.6 Å². The third-order valence-corrected chi connectivity index (χ3v) is 6.82. The number of nitrogens with one attached hydrogen (secondary N) is 2. The van der Waals surface area contributed by atoms with Gasteiger partial charge in [-0.05, 0) is 77.0 Å². The Morgan fingerprint density at radius 2 is 1.62 bits per heavy atom. The van der Waals surface area contributed by atoms with Crippen molar-refractivity contribution in [2.75, 3.05) is 19.7 Å². The van der Waals surface area contributed by atoms with E-state index in [0.717, 1.165) is 36.8 Å². The molecule has 0 aliphatic carbocycles. The smallest absolute Gasteiger partial charge is 0.408 e. The molecule has 1 aromatic carbocycles. The van der Waals surface area contributed by atoms with Crippen molar-refractivity contribution in [1.82, 2.24) is 15.5 Å². The molecule has 0 aromatic heterocycles. The maximum absolute atomic E-state index is 14.3. The fourth-order valence-electron chi connectivity index (χ4n) is 4.62. The van der Waals surface area contributed by atoms with Gasteiger partial charge in [0.05, 0.1) is 13.0 Å². The first-order chi connectivity index (χ1) is 19.7. The van der Waals surface area contributed by atoms with Crippen molar-refractivity contribution in [3.63, 3.8) is 0 Å². The average Bonchev–Trinajstić information content (AvgIpc) is 2.87. The second kappa shape index (κ2) is 18.4. The zero-order valence-corrected chi connectivity index (χ0v) is 27.4. The first-order valence-electron chi connectivity index (χ1n) is 15.5. The lowest BCUT2D eigenvalue weighted by molar-refractivity contribution is -0.144. The van der Waals surface area contributed by atoms with E-state index in [1.54, 1.807) is 32.6 Å². The van der Waals surface area contributed by atoms with Gasteiger partial charge in [-0.3, -0.25) is 14.4 Å². The maximum Gasteiger partial charge on any atom is 0.408 e. The Kier molecular flexibility index (Phi) is 16.2. The molecule has 238 valence electrons. The number of nitrogens with zero attached hydrogens (tertiary/aromatic N) is 1. The second-order valence-corrected chi connectivity index (χ2v) is 12.4. The van der Waals surface area contributed by atoms with Crippen LogP contribution in [-0.4, -0.2) is 60.1 Å². The molecule has 9 nitrogen and oxygen atoms in total. The van der Waals surface area contributed by atoms with Gasteiger partial charge in [-0.25, -0.2) is 4.79 Å². The molecule has 0 fully saturated rings. The fraction of sp³-hybridized carbons (Fsp3) is 0.697. The standard InChI is InChI=1S/C33H55N3O6/c1-10-12-13-14-15-20-36(31(39)27(21-23(3)4)35-32(40)42-33(7,8)9)29(26-17-16-24(5)25(6)22-26)30(38)34-19-18-28(37)41-11-2/h16-17,22-23,27,29H,10-15,18-21H2,1-9H3,(H,34,38)(H,35,40). The van der Waals surface area contributed by atoms with Gasteiger partial charge in [0, 0.05) is 13.1 Å². The topological polar surface area (TPSA) is 114 Å². The van der Waals surface area contributed by atoms with Gasteiger partial charge < -0.3 is 25.0 Å². The summed E-state index contributed by atoms with van der Waals surface area (Å²) in [6.07, 6.45) is 4.58. The van der Waals surface area contributed by atoms with E-state index < -0.39 is 29.7 Å². The summed E-state index contributed by atoms with van der Waals surface area (Å²) < 4.78 is 10.5. The summed E-state index contributed by atoms with van der Waals surface area (Å²) in [5.41, 5.74) is 2.02. The lowest BCUT2D eigenvalue weighted by atomic mass is 9.96. The van der Waals surface area contributed by atoms with E-state index in [1.165, 1.54) is 0 Å². The number of unbranched alkanes of at least 4 members (excludes halogenated alkanes) is 4. The highest BCUT2D eigenvalue weighted by molar-refractivity contribution is 5.92. The van der Waals surface area contributed by atoms with Crippen LogP contribution >= 0.6 is 0 Å². The number of hydrogen-bond acceptors (Lipinski definition) is 6. The van der Waals surface area contributed by atoms with Crippen molar-refractivity contribution < 1.29 is 28.7 Å². The molecule has 3 amide bonds. The van der Waals surface area contributed by atoms with E-state index in [9.17, 15) is 19.2 Å². The molecule has 0 saturated carbocycles. The van der Waals surface area contributed by atoms with Crippen LogP contribution in [0, 0.1) is 19.8 Å². The SMILES string of the molecule is CCCCCCCN(C(=O)C(CC(C)C)NC(=O)OC(C)(C)C)C(C(=O)NCCC(=O)OCC)c1ccc(C)c(C)c1. The van der Waals surface area contributed by atoms with Gasteiger partial charge in [-0.2, -0.15) is 0 Å². The zero-order chi connectivity index (χ0) is 31.9. The number of alkyl carbamates (subject to hydrolysis) is 1. The van der Waals surface area contributed by atoms with E-state index >= 15 is 0 Å². The average molecular weight is 590 g/mol. The molecule has 0 heterocycles. The van der Waals surface area contributed by atoms with Crippen molar-refractivity contribution in [3.05, 3.63) is 34.9 Å². The van der Waals surface area contributed by atoms with Crippen molar-refractivity contribution >= 4 is 23.9 Å². The normalized spacial score (nSPS) is 12.8. The van der Waals surface area contributed by atoms with Crippen LogP contribution in [0.15, 0.2) is 18.2 Å². The number of benzene rings is 1. The number of amides is 3. The van der Waals surface area contributed by atoms with Gasteiger partial charge in [-0.15, -0.1) is 0 Å². The Bertz CT molecular complexity index is 1020. The fourth-order valence-corrected chi connectivity index (χ4v) is 4.62. The van der Waals surface area contributed by atoms with Crippen molar-refractivity contribution in [1.29, 1.82) is 0 Å². The van der Waals surface area contributed by atoms with Crippen LogP contribution < -0.4 is 10.6 Å². The van der Waals surface area contributed by atoms with Gasteiger partial charge in [0.15, 0.2) is 0 Å². The molecular formula is C33H55N3O6. The van der Waals surface area contributed by atoms with Crippen LogP contribution in [-0.2, 0) is 23.9 Å². The first kappa shape index (κ1) is 36.9. The number of esters is 1. The van der Waals surface area contributed by atoms with Gasteiger partial charge in [-0.1, -0.05) is 64.7 Å². The Labute approximate surface area is 253 Å². The summed E-state index contributed by atoms with van der Waals surface area (Å²) in [4.78, 5) is 54.5. The molecule has 2 atom stereocenters. The molecule has 9 heteroatoms. The number of carbonyl (C=O) groups is 4. The number of rotatable bonds is 17. The predicted octanol–water partition coefficient (Wildman–Crippen LogP) is 6.15. The summed E-state index contributed by atoms with van der Waals surface area (Å²) >= 11 is 0. The highest BCUT2D eigenvalue weighted by Crippen LogP contribution is 2.26. The third kappa shape index (κ3) is 13.7. The van der Waals surface area contributed by atoms with Crippen LogP contribution in [0.25, 0.3) is 0 Å². The Morgan fingerprint density at radius 3 is 2.19 bits per heavy atom. The van der Waals surface area contributed by atoms with Crippen LogP contribution in [0.2, 0.25) is 0 Å². The molecule has 1 rings (SSSR count). The molecular weight excluding hydrogens is 534 g/mol. The Hall–Kier alpha value is -3.10. The van der Waals surface area contributed by atoms with Gasteiger partial charge in [0.2, 0.25) is 11.8 Å². The number of hydrogen-bond donors (Lipinski definition) is 2. The lowest BCUT2D eigenvalue weighted by Crippen LogP contribution is -2.53. The monoisotopic (exact) mass is 589 g/mol. The highest BCUT2D eigenvalue weighted by atomic mass is 16.6. The minimum absolute atomic E-state index is 0.0281. The zero-order valence-electron chi connectivity index (χ0n) is 27.4. The maximum atomic E-state index is 14.3. The minimum Gasteiger partial charge on any atom is -0.466 e. The number of ether oxygens (including phenoxy) is 2. The van der Waals surface area contributed by atoms with Crippen LogP contribution in [0.4, 0.5) is 4.79 Å².